The average molecular weight is 197 g/mol. The van der Waals surface area contributed by atoms with Crippen molar-refractivity contribution in [3.05, 3.63) is 34.6 Å². The van der Waals surface area contributed by atoms with Gasteiger partial charge in [0.1, 0.15) is 5.82 Å². The first-order valence-corrected chi connectivity index (χ1v) is 4.63. The molecule has 0 unspecified atom stereocenters. The smallest absolute Gasteiger partial charge is 0.129 e. The van der Waals surface area contributed by atoms with Gasteiger partial charge in [-0.1, -0.05) is 12.1 Å². The fourth-order valence-electron chi connectivity index (χ4n) is 1.45. The number of benzene rings is 1. The Morgan fingerprint density at radius 3 is 2.07 bits per heavy atom. The highest BCUT2D eigenvalue weighted by atomic mass is 19.1. The largest absolute Gasteiger partial charge is 0.387 e. The van der Waals surface area contributed by atoms with Gasteiger partial charge in [0.15, 0.2) is 0 Å². The SMILES string of the molecule is Cc1cc([C@@H](O)[C@H](C)N)cc(C)c1F. The molecule has 78 valence electrons. The number of rotatable bonds is 2. The molecule has 0 saturated carbocycles. The lowest BCUT2D eigenvalue weighted by molar-refractivity contribution is 0.153. The van der Waals surface area contributed by atoms with Crippen molar-refractivity contribution in [1.82, 2.24) is 0 Å². The van der Waals surface area contributed by atoms with Crippen molar-refractivity contribution in [3.63, 3.8) is 0 Å². The van der Waals surface area contributed by atoms with E-state index in [4.69, 9.17) is 5.73 Å². The van der Waals surface area contributed by atoms with Crippen molar-refractivity contribution in [2.24, 2.45) is 5.73 Å². The molecule has 0 aromatic heterocycles. The van der Waals surface area contributed by atoms with E-state index in [1.165, 1.54) is 0 Å². The van der Waals surface area contributed by atoms with Crippen LogP contribution in [-0.2, 0) is 0 Å². The van der Waals surface area contributed by atoms with Crippen molar-refractivity contribution in [1.29, 1.82) is 0 Å². The lowest BCUT2D eigenvalue weighted by atomic mass is 9.99. The second kappa shape index (κ2) is 4.07. The topological polar surface area (TPSA) is 46.2 Å². The van der Waals surface area contributed by atoms with E-state index in [1.54, 1.807) is 32.9 Å². The summed E-state index contributed by atoms with van der Waals surface area (Å²) in [4.78, 5) is 0. The first-order chi connectivity index (χ1) is 6.43. The van der Waals surface area contributed by atoms with Crippen molar-refractivity contribution < 1.29 is 9.50 Å². The lowest BCUT2D eigenvalue weighted by Gasteiger charge is -2.16. The molecule has 1 aromatic rings. The molecule has 0 spiro atoms. The van der Waals surface area contributed by atoms with Gasteiger partial charge < -0.3 is 10.8 Å². The Labute approximate surface area is 83.6 Å². The normalized spacial score (nSPS) is 15.3. The molecule has 0 heterocycles. The molecule has 3 N–H and O–H groups in total. The van der Waals surface area contributed by atoms with Crippen LogP contribution in [0.25, 0.3) is 0 Å². The quantitative estimate of drug-likeness (QED) is 0.759. The maximum absolute atomic E-state index is 13.3. The van der Waals surface area contributed by atoms with Gasteiger partial charge in [0.05, 0.1) is 6.10 Å². The highest BCUT2D eigenvalue weighted by Gasteiger charge is 2.14. The van der Waals surface area contributed by atoms with Crippen LogP contribution in [0.15, 0.2) is 12.1 Å². The molecule has 3 heteroatoms. The van der Waals surface area contributed by atoms with Gasteiger partial charge in [-0.15, -0.1) is 0 Å². The molecule has 14 heavy (non-hydrogen) atoms. The molecular formula is C11H16FNO. The first-order valence-electron chi connectivity index (χ1n) is 4.63. The third-order valence-corrected chi connectivity index (χ3v) is 2.30. The zero-order valence-corrected chi connectivity index (χ0v) is 8.71. The van der Waals surface area contributed by atoms with Gasteiger partial charge in [-0.2, -0.15) is 0 Å². The van der Waals surface area contributed by atoms with Crippen LogP contribution in [0.5, 0.6) is 0 Å². The zero-order valence-electron chi connectivity index (χ0n) is 8.71. The highest BCUT2D eigenvalue weighted by Crippen LogP contribution is 2.21. The molecule has 1 rings (SSSR count). The van der Waals surface area contributed by atoms with Crippen LogP contribution < -0.4 is 5.73 Å². The van der Waals surface area contributed by atoms with Crippen LogP contribution in [0.3, 0.4) is 0 Å². The Bertz CT molecular complexity index is 313. The standard InChI is InChI=1S/C11H16FNO/c1-6-4-9(11(14)8(3)13)5-7(2)10(6)12/h4-5,8,11,14H,13H2,1-3H3/t8-,11-/m0/s1. The fourth-order valence-corrected chi connectivity index (χ4v) is 1.45. The second-order valence-corrected chi connectivity index (χ2v) is 3.77. The number of hydrogen-bond donors (Lipinski definition) is 2. The molecule has 0 bridgehead atoms. The summed E-state index contributed by atoms with van der Waals surface area (Å²) in [5, 5.41) is 9.69. The van der Waals surface area contributed by atoms with E-state index in [0.717, 1.165) is 0 Å². The van der Waals surface area contributed by atoms with Gasteiger partial charge in [-0.05, 0) is 37.5 Å². The Hall–Kier alpha value is -0.930. The number of nitrogens with two attached hydrogens (primary N) is 1. The molecule has 0 fully saturated rings. The molecule has 0 aliphatic heterocycles. The number of aliphatic hydroxyl groups is 1. The van der Waals surface area contributed by atoms with Crippen molar-refractivity contribution in [3.8, 4) is 0 Å². The molecule has 0 radical (unpaired) electrons. The maximum atomic E-state index is 13.3. The van der Waals surface area contributed by atoms with E-state index < -0.39 is 6.10 Å². The Morgan fingerprint density at radius 2 is 1.71 bits per heavy atom. The predicted octanol–water partition coefficient (Wildman–Crippen LogP) is 1.82. The summed E-state index contributed by atoms with van der Waals surface area (Å²) in [6.45, 7) is 5.08. The third kappa shape index (κ3) is 2.11. The van der Waals surface area contributed by atoms with Gasteiger partial charge in [-0.3, -0.25) is 0 Å². The summed E-state index contributed by atoms with van der Waals surface area (Å²) < 4.78 is 13.3. The highest BCUT2D eigenvalue weighted by molar-refractivity contribution is 5.32. The molecule has 0 saturated heterocycles. The molecular weight excluding hydrogens is 181 g/mol. The van der Waals surface area contributed by atoms with E-state index in [-0.39, 0.29) is 11.9 Å². The lowest BCUT2D eigenvalue weighted by Crippen LogP contribution is -2.24. The molecule has 1 aromatic carbocycles. The molecule has 2 nitrogen and oxygen atoms in total. The van der Waals surface area contributed by atoms with E-state index >= 15 is 0 Å². The number of aryl methyl sites for hydroxylation is 2. The van der Waals surface area contributed by atoms with Crippen LogP contribution >= 0.6 is 0 Å². The maximum Gasteiger partial charge on any atom is 0.129 e. The van der Waals surface area contributed by atoms with Crippen molar-refractivity contribution in [2.45, 2.75) is 32.9 Å². The fraction of sp³-hybridized carbons (Fsp3) is 0.455. The summed E-state index contributed by atoms with van der Waals surface area (Å²) in [5.41, 5.74) is 7.32. The van der Waals surface area contributed by atoms with Crippen molar-refractivity contribution in [2.75, 3.05) is 0 Å². The zero-order chi connectivity index (χ0) is 10.9. The Morgan fingerprint density at radius 1 is 1.29 bits per heavy atom. The summed E-state index contributed by atoms with van der Waals surface area (Å²) in [5.74, 6) is -0.217. The third-order valence-electron chi connectivity index (χ3n) is 2.30. The van der Waals surface area contributed by atoms with Gasteiger partial charge in [0.2, 0.25) is 0 Å². The monoisotopic (exact) mass is 197 g/mol. The van der Waals surface area contributed by atoms with Gasteiger partial charge in [-0.25, -0.2) is 4.39 Å². The molecule has 2 atom stereocenters. The van der Waals surface area contributed by atoms with Gasteiger partial charge >= 0.3 is 0 Å². The van der Waals surface area contributed by atoms with E-state index in [0.29, 0.717) is 16.7 Å². The Balaban J connectivity index is 3.12. The summed E-state index contributed by atoms with van der Waals surface area (Å²) >= 11 is 0. The minimum absolute atomic E-state index is 0.217. The second-order valence-electron chi connectivity index (χ2n) is 3.77. The average Bonchev–Trinajstić information content (AvgIpc) is 2.12. The summed E-state index contributed by atoms with van der Waals surface area (Å²) in [6, 6.07) is 2.92. The van der Waals surface area contributed by atoms with Crippen LogP contribution in [0.2, 0.25) is 0 Å². The number of halogens is 1. The first kappa shape index (κ1) is 11.1. The summed E-state index contributed by atoms with van der Waals surface area (Å²) in [6.07, 6.45) is -0.729. The summed E-state index contributed by atoms with van der Waals surface area (Å²) in [7, 11) is 0. The molecule has 0 aliphatic rings. The van der Waals surface area contributed by atoms with E-state index in [1.807, 2.05) is 0 Å². The van der Waals surface area contributed by atoms with Crippen LogP contribution in [0, 0.1) is 19.7 Å². The minimum Gasteiger partial charge on any atom is -0.387 e. The Kier molecular flexibility index (Phi) is 3.24. The van der Waals surface area contributed by atoms with Crippen LogP contribution in [0.1, 0.15) is 29.7 Å². The molecule has 0 aliphatic carbocycles. The van der Waals surface area contributed by atoms with E-state index in [9.17, 15) is 9.50 Å². The van der Waals surface area contributed by atoms with Gasteiger partial charge in [0.25, 0.3) is 0 Å². The van der Waals surface area contributed by atoms with Crippen LogP contribution in [0.4, 0.5) is 4.39 Å². The predicted molar refractivity (Wildman–Crippen MR) is 54.5 cm³/mol. The number of hydrogen-bond acceptors (Lipinski definition) is 2. The minimum atomic E-state index is -0.729. The van der Waals surface area contributed by atoms with Gasteiger partial charge in [0, 0.05) is 6.04 Å². The van der Waals surface area contributed by atoms with Crippen molar-refractivity contribution >= 4 is 0 Å². The van der Waals surface area contributed by atoms with E-state index in [2.05, 4.69) is 0 Å². The molecule has 0 amide bonds. The number of aliphatic hydroxyl groups excluding tert-OH is 1. The van der Waals surface area contributed by atoms with Crippen LogP contribution in [-0.4, -0.2) is 11.1 Å².